The summed E-state index contributed by atoms with van der Waals surface area (Å²) in [6.07, 6.45) is 129. The molecule has 0 aromatic heterocycles. The van der Waals surface area contributed by atoms with Crippen molar-refractivity contribution in [1.29, 1.82) is 0 Å². The van der Waals surface area contributed by atoms with Crippen molar-refractivity contribution in [3.8, 4) is 0 Å². The minimum Gasteiger partial charge on any atom is -0.756 e. The molecule has 0 rings (SSSR count). The highest BCUT2D eigenvalue weighted by molar-refractivity contribution is 7.45. The average Bonchev–Trinajstić information content (AvgIpc) is 0.914. The molecular weight excluding hydrogens is 1280 g/mol. The van der Waals surface area contributed by atoms with Gasteiger partial charge in [-0.1, -0.05) is 327 Å². The van der Waals surface area contributed by atoms with Crippen molar-refractivity contribution < 1.29 is 42.1 Å². The number of carbonyl (C=O) groups excluding carboxylic acids is 2. The maximum absolute atomic E-state index is 12.9. The highest BCUT2D eigenvalue weighted by Gasteiger charge is 2.22. The number of nitrogens with zero attached hydrogens (tertiary/aromatic N) is 1. The Morgan fingerprint density at radius 2 is 0.529 bits per heavy atom. The Morgan fingerprint density at radius 1 is 0.304 bits per heavy atom. The van der Waals surface area contributed by atoms with Crippen LogP contribution in [0.1, 0.15) is 258 Å². The van der Waals surface area contributed by atoms with Crippen LogP contribution in [0.3, 0.4) is 0 Å². The molecule has 0 aromatic rings. The van der Waals surface area contributed by atoms with Crippen LogP contribution in [0.4, 0.5) is 0 Å². The number of likely N-dealkylation sites (N-methyl/N-ethyl adjacent to an activating group) is 1. The third kappa shape index (κ3) is 82.5. The average molecular weight is 1420 g/mol. The number of rotatable bonds is 69. The summed E-state index contributed by atoms with van der Waals surface area (Å²) < 4.78 is 34.3. The maximum Gasteiger partial charge on any atom is 0.306 e. The number of unbranched alkanes of at least 4 members (excludes halogenated alkanes) is 13. The van der Waals surface area contributed by atoms with Gasteiger partial charge in [-0.2, -0.15) is 0 Å². The van der Waals surface area contributed by atoms with Gasteiger partial charge in [0.05, 0.1) is 27.7 Å². The predicted molar refractivity (Wildman–Crippen MR) is 442 cm³/mol. The lowest BCUT2D eigenvalue weighted by molar-refractivity contribution is -0.870. The molecule has 0 bridgehead atoms. The van der Waals surface area contributed by atoms with Crippen LogP contribution in [-0.4, -0.2) is 70.0 Å². The Morgan fingerprint density at radius 3 is 0.784 bits per heavy atom. The van der Waals surface area contributed by atoms with Crippen molar-refractivity contribution in [2.75, 3.05) is 47.5 Å². The third-order valence-corrected chi connectivity index (χ3v) is 16.5. The van der Waals surface area contributed by atoms with Crippen molar-refractivity contribution >= 4 is 19.8 Å². The quantitative estimate of drug-likeness (QED) is 0.0195. The molecule has 0 aromatic carbocycles. The fraction of sp³-hybridized carbons (Fsp3) is 0.522. The standard InChI is InChI=1S/C92H142NO8P/c1-6-8-10-12-14-16-18-20-22-24-26-28-30-32-34-36-38-40-42-44-46-48-50-52-54-56-58-60-62-64-66-68-70-72-74-76-78-80-82-84-91(94)98-88-90(89-100-102(96,97)99-87-86-93(3,4)5)101-92(95)85-83-81-79-77-75-73-71-69-67-65-63-61-59-57-55-53-51-49-47-45-43-41-39-37-35-33-31-29-27-25-23-21-19-17-15-13-11-9-7-2/h8-11,14-17,20-23,26-29,32-35,38-41,44-47,50-53,56-59,62-65,69,71,90H,6-7,12-13,18-19,24-25,30-31,36-37,42-43,48-49,54-55,60-61,66-68,70,72-89H2,1-5H3/b10-8-,11-9-,16-14-,17-15-,22-20-,23-21-,28-26-,29-27-,34-32-,35-33-,40-38-,41-39-,46-44-,47-45-,52-50-,53-51-,58-56-,59-57-,64-62-,65-63-,71-69-. The molecule has 0 saturated carbocycles. The summed E-state index contributed by atoms with van der Waals surface area (Å²) in [7, 11) is 1.11. The van der Waals surface area contributed by atoms with E-state index >= 15 is 0 Å². The molecule has 0 aliphatic rings. The summed E-state index contributed by atoms with van der Waals surface area (Å²) in [4.78, 5) is 38.2. The molecule has 0 fully saturated rings. The van der Waals surface area contributed by atoms with Gasteiger partial charge in [-0.3, -0.25) is 14.2 Å². The molecule has 102 heavy (non-hydrogen) atoms. The lowest BCUT2D eigenvalue weighted by atomic mass is 10.1. The minimum absolute atomic E-state index is 0.0504. The Hall–Kier alpha value is -6.45. The number of carbonyl (C=O) groups is 2. The number of phosphoric ester groups is 1. The second-order valence-corrected chi connectivity index (χ2v) is 27.7. The number of esters is 2. The first kappa shape index (κ1) is 95.5. The molecule has 9 nitrogen and oxygen atoms in total. The SMILES string of the molecule is CC/C=C\C/C=C\C/C=C\C/C=C\C/C=C\C/C=C\C/C=C\C/C=C\C/C=C\C/C=C\C/C=C\CCCCCCCC(=O)OC(COC(=O)CCCCCCCCCC/C=C\C/C=C\C/C=C\C/C=C\C/C=C\C/C=C\C/C=C\C/C=C\C/C=C\C/C=C\CC)COP(=O)([O-])OCC[N+](C)(C)C. The summed E-state index contributed by atoms with van der Waals surface area (Å²) in [5.74, 6) is -0.884. The molecular formula is C92H142NO8P. The van der Waals surface area contributed by atoms with Crippen LogP contribution in [0, 0.1) is 0 Å². The van der Waals surface area contributed by atoms with Gasteiger partial charge in [0.25, 0.3) is 7.82 Å². The number of quaternary nitrogens is 1. The van der Waals surface area contributed by atoms with Crippen LogP contribution in [0.5, 0.6) is 0 Å². The molecule has 0 heterocycles. The highest BCUT2D eigenvalue weighted by Crippen LogP contribution is 2.38. The fourth-order valence-electron chi connectivity index (χ4n) is 9.63. The van der Waals surface area contributed by atoms with Gasteiger partial charge < -0.3 is 27.9 Å². The molecule has 568 valence electrons. The molecule has 0 spiro atoms. The molecule has 0 saturated heterocycles. The van der Waals surface area contributed by atoms with E-state index in [-0.39, 0.29) is 26.1 Å². The molecule has 0 aliphatic carbocycles. The van der Waals surface area contributed by atoms with Crippen LogP contribution >= 0.6 is 7.82 Å². The second kappa shape index (κ2) is 78.7. The zero-order valence-corrected chi connectivity index (χ0v) is 65.6. The van der Waals surface area contributed by atoms with Gasteiger partial charge in [0.2, 0.25) is 0 Å². The first-order chi connectivity index (χ1) is 50.0. The van der Waals surface area contributed by atoms with Gasteiger partial charge >= 0.3 is 11.9 Å². The topological polar surface area (TPSA) is 111 Å². The van der Waals surface area contributed by atoms with Crippen molar-refractivity contribution in [2.24, 2.45) is 0 Å². The molecule has 0 N–H and O–H groups in total. The van der Waals surface area contributed by atoms with Gasteiger partial charge in [-0.05, 0) is 173 Å². The smallest absolute Gasteiger partial charge is 0.306 e. The molecule has 2 unspecified atom stereocenters. The zero-order chi connectivity index (χ0) is 74.0. The van der Waals surface area contributed by atoms with Gasteiger partial charge in [0.1, 0.15) is 19.8 Å². The van der Waals surface area contributed by atoms with E-state index in [1.165, 1.54) is 25.7 Å². The van der Waals surface area contributed by atoms with E-state index in [1.54, 1.807) is 0 Å². The van der Waals surface area contributed by atoms with Crippen LogP contribution in [0.25, 0.3) is 0 Å². The van der Waals surface area contributed by atoms with E-state index in [0.29, 0.717) is 23.9 Å². The van der Waals surface area contributed by atoms with Crippen molar-refractivity contribution in [1.82, 2.24) is 0 Å². The summed E-state index contributed by atoms with van der Waals surface area (Å²) in [5.41, 5.74) is 0. The minimum atomic E-state index is -4.67. The van der Waals surface area contributed by atoms with Crippen LogP contribution in [0.2, 0.25) is 0 Å². The van der Waals surface area contributed by atoms with Gasteiger partial charge in [0.15, 0.2) is 6.10 Å². The van der Waals surface area contributed by atoms with Crippen LogP contribution in [-0.2, 0) is 32.7 Å². The van der Waals surface area contributed by atoms with E-state index in [4.69, 9.17) is 18.5 Å². The zero-order valence-electron chi connectivity index (χ0n) is 64.7. The van der Waals surface area contributed by atoms with Crippen molar-refractivity contribution in [3.63, 3.8) is 0 Å². The monoisotopic (exact) mass is 1420 g/mol. The maximum atomic E-state index is 12.9. The normalized spacial score (nSPS) is 14.5. The second-order valence-electron chi connectivity index (χ2n) is 26.3. The largest absolute Gasteiger partial charge is 0.756 e. The summed E-state index contributed by atoms with van der Waals surface area (Å²) >= 11 is 0. The number of hydrogen-bond donors (Lipinski definition) is 0. The Labute approximate surface area is 625 Å². The number of ether oxygens (including phenoxy) is 2. The van der Waals surface area contributed by atoms with E-state index in [1.807, 2.05) is 21.1 Å². The molecule has 0 radical (unpaired) electrons. The summed E-state index contributed by atoms with van der Waals surface area (Å²) in [6.45, 7) is 3.95. The van der Waals surface area contributed by atoms with E-state index in [0.717, 1.165) is 193 Å². The first-order valence-electron chi connectivity index (χ1n) is 39.4. The van der Waals surface area contributed by atoms with Crippen molar-refractivity contribution in [2.45, 2.75) is 264 Å². The summed E-state index contributed by atoms with van der Waals surface area (Å²) in [6, 6.07) is 0. The summed E-state index contributed by atoms with van der Waals surface area (Å²) in [5, 5.41) is 0. The first-order valence-corrected chi connectivity index (χ1v) is 40.9. The van der Waals surface area contributed by atoms with E-state index in [2.05, 4.69) is 269 Å². The van der Waals surface area contributed by atoms with Gasteiger partial charge in [-0.15, -0.1) is 0 Å². The third-order valence-electron chi connectivity index (χ3n) is 15.6. The van der Waals surface area contributed by atoms with E-state index < -0.39 is 32.5 Å². The van der Waals surface area contributed by atoms with Crippen LogP contribution < -0.4 is 4.89 Å². The fourth-order valence-corrected chi connectivity index (χ4v) is 10.4. The Kier molecular flexibility index (Phi) is 73.7. The molecule has 0 aliphatic heterocycles. The Balaban J connectivity index is 4.18. The number of allylic oxidation sites excluding steroid dienone is 42. The lowest BCUT2D eigenvalue weighted by Gasteiger charge is -2.28. The van der Waals surface area contributed by atoms with E-state index in [9.17, 15) is 19.0 Å². The van der Waals surface area contributed by atoms with Crippen molar-refractivity contribution in [3.05, 3.63) is 255 Å². The predicted octanol–water partition coefficient (Wildman–Crippen LogP) is 26.2. The molecule has 2 atom stereocenters. The van der Waals surface area contributed by atoms with Gasteiger partial charge in [0, 0.05) is 12.8 Å². The van der Waals surface area contributed by atoms with Crippen LogP contribution in [0.15, 0.2) is 255 Å². The molecule has 0 amide bonds. The van der Waals surface area contributed by atoms with Gasteiger partial charge in [-0.25, -0.2) is 0 Å². The number of hydrogen-bond acceptors (Lipinski definition) is 8. The lowest BCUT2D eigenvalue weighted by Crippen LogP contribution is -2.37. The Bertz CT molecular complexity index is 2680. The highest BCUT2D eigenvalue weighted by atomic mass is 31.2. The number of phosphoric acid groups is 1. The molecule has 10 heteroatoms.